The Balaban J connectivity index is 1.83. The van der Waals surface area contributed by atoms with Gasteiger partial charge in [0.15, 0.2) is 11.5 Å². The van der Waals surface area contributed by atoms with Gasteiger partial charge in [-0.1, -0.05) is 20.8 Å². The zero-order valence-corrected chi connectivity index (χ0v) is 17.3. The molecule has 0 aromatic carbocycles. The van der Waals surface area contributed by atoms with E-state index in [0.717, 1.165) is 13.1 Å². The number of hydrogen-bond acceptors (Lipinski definition) is 9. The number of ether oxygens (including phenoxy) is 1. The summed E-state index contributed by atoms with van der Waals surface area (Å²) in [6.45, 7) is 9.97. The predicted octanol–water partition coefficient (Wildman–Crippen LogP) is 2.44. The third-order valence-electron chi connectivity index (χ3n) is 4.25. The molecule has 2 rings (SSSR count). The van der Waals surface area contributed by atoms with E-state index < -0.39 is 8.25 Å². The largest absolute Gasteiger partial charge is 0.382 e. The molecule has 152 valence electrons. The minimum absolute atomic E-state index is 0.170. The summed E-state index contributed by atoms with van der Waals surface area (Å²) in [5.74, 6) is 0.329. The summed E-state index contributed by atoms with van der Waals surface area (Å²) in [5, 5.41) is 0. The van der Waals surface area contributed by atoms with Crippen LogP contribution in [0, 0.1) is 0 Å². The first-order chi connectivity index (χ1) is 13.0. The number of nitrogen functional groups attached to an aromatic ring is 1. The van der Waals surface area contributed by atoms with Gasteiger partial charge in [0, 0.05) is 0 Å². The van der Waals surface area contributed by atoms with E-state index >= 15 is 0 Å². The molecule has 0 bridgehead atoms. The number of nitrogens with zero attached hydrogens (tertiary/aromatic N) is 5. The molecule has 0 aliphatic rings. The third kappa shape index (κ3) is 5.70. The highest BCUT2D eigenvalue weighted by Gasteiger charge is 2.17. The topological polar surface area (TPSA) is 118 Å². The highest BCUT2D eigenvalue weighted by molar-refractivity contribution is 7.33. The number of nitrogens with two attached hydrogens (primary N) is 1. The molecule has 0 saturated carbocycles. The number of fused-ring (bicyclic) bond motifs is 1. The maximum atomic E-state index is 12.0. The fourth-order valence-corrected chi connectivity index (χ4v) is 3.52. The minimum atomic E-state index is -2.58. The van der Waals surface area contributed by atoms with Crippen LogP contribution in [0.2, 0.25) is 0 Å². The van der Waals surface area contributed by atoms with Crippen molar-refractivity contribution in [1.82, 2.24) is 24.4 Å². The Morgan fingerprint density at radius 2 is 1.96 bits per heavy atom. The summed E-state index contributed by atoms with van der Waals surface area (Å²) in [6.07, 6.45) is 3.18. The van der Waals surface area contributed by atoms with Crippen molar-refractivity contribution in [3.8, 4) is 0 Å². The van der Waals surface area contributed by atoms with E-state index in [1.807, 2.05) is 32.6 Å². The normalized spacial score (nSPS) is 15.3. The number of imidazole rings is 1. The second kappa shape index (κ2) is 10.7. The molecule has 0 radical (unpaired) electrons. The molecule has 10 nitrogen and oxygen atoms in total. The van der Waals surface area contributed by atoms with E-state index in [2.05, 4.69) is 15.0 Å². The van der Waals surface area contributed by atoms with Crippen molar-refractivity contribution in [2.24, 2.45) is 0 Å². The molecule has 2 N–H and O–H groups in total. The molecule has 11 heteroatoms. The van der Waals surface area contributed by atoms with Crippen LogP contribution in [0.3, 0.4) is 0 Å². The average molecular weight is 400 g/mol. The van der Waals surface area contributed by atoms with Crippen LogP contribution >= 0.6 is 8.25 Å². The van der Waals surface area contributed by atoms with Crippen molar-refractivity contribution in [3.05, 3.63) is 12.7 Å². The molecule has 0 amide bonds. The molecule has 2 unspecified atom stereocenters. The molecular weight excluding hydrogens is 371 g/mol. The Labute approximate surface area is 160 Å². The van der Waals surface area contributed by atoms with Crippen molar-refractivity contribution < 1.29 is 18.3 Å². The predicted molar refractivity (Wildman–Crippen MR) is 103 cm³/mol. The lowest BCUT2D eigenvalue weighted by Gasteiger charge is -2.25. The van der Waals surface area contributed by atoms with Crippen LogP contribution in [-0.2, 0) is 18.3 Å². The maximum absolute atomic E-state index is 12.0. The zero-order chi connectivity index (χ0) is 19.8. The first-order valence-corrected chi connectivity index (χ1v) is 10.4. The van der Waals surface area contributed by atoms with Crippen LogP contribution in [0.5, 0.6) is 0 Å². The number of rotatable bonds is 12. The average Bonchev–Trinajstić information content (AvgIpc) is 3.08. The summed E-state index contributed by atoms with van der Waals surface area (Å²) in [5.41, 5.74) is 6.96. The van der Waals surface area contributed by atoms with Gasteiger partial charge in [-0.3, -0.25) is 18.6 Å². The fraction of sp³-hybridized carbons (Fsp3) is 0.688. The number of anilines is 1. The van der Waals surface area contributed by atoms with Gasteiger partial charge >= 0.3 is 8.25 Å². The lowest BCUT2D eigenvalue weighted by atomic mass is 10.4. The van der Waals surface area contributed by atoms with Gasteiger partial charge in [-0.15, -0.1) is 0 Å². The number of hydrogen-bond donors (Lipinski definition) is 1. The van der Waals surface area contributed by atoms with Crippen LogP contribution in [0.15, 0.2) is 12.7 Å². The van der Waals surface area contributed by atoms with Crippen LogP contribution in [0.25, 0.3) is 11.2 Å². The van der Waals surface area contributed by atoms with Gasteiger partial charge in [0.2, 0.25) is 0 Å². The second-order valence-corrected chi connectivity index (χ2v) is 6.88. The first kappa shape index (κ1) is 21.7. The Hall–Kier alpha value is -1.58. The Morgan fingerprint density at radius 1 is 1.22 bits per heavy atom. The van der Waals surface area contributed by atoms with Gasteiger partial charge in [0.05, 0.1) is 19.5 Å². The van der Waals surface area contributed by atoms with E-state index in [1.54, 1.807) is 10.9 Å². The smallest absolute Gasteiger partial charge is 0.320 e. The summed E-state index contributed by atoms with van der Waals surface area (Å²) >= 11 is 0. The summed E-state index contributed by atoms with van der Waals surface area (Å²) in [6, 6.07) is 0. The fourth-order valence-electron chi connectivity index (χ4n) is 2.77. The molecule has 0 aliphatic heterocycles. The van der Waals surface area contributed by atoms with Crippen LogP contribution in [0.4, 0.5) is 5.82 Å². The van der Waals surface area contributed by atoms with Gasteiger partial charge in [-0.2, -0.15) is 0 Å². The van der Waals surface area contributed by atoms with E-state index in [1.165, 1.54) is 6.33 Å². The molecule has 2 aromatic rings. The van der Waals surface area contributed by atoms with Crippen LogP contribution in [0.1, 0.15) is 40.3 Å². The summed E-state index contributed by atoms with van der Waals surface area (Å²) in [4.78, 5) is 14.4. The lowest BCUT2D eigenvalue weighted by molar-refractivity contribution is -0.0165. The van der Waals surface area contributed by atoms with Gasteiger partial charge in [0.1, 0.15) is 24.3 Å². The standard InChI is InChI=1S/C16H29N6O4P/c1-5-13(22-11-20-14-15(17)18-10-19-16(14)22)24-8-9-25-27(23)26-12(4)21(6-2)7-3/h10-13,27H,5-9H2,1-4H3,(H2,17,18,19)/t12?,13-/m0/s1. The highest BCUT2D eigenvalue weighted by atomic mass is 31.1. The van der Waals surface area contributed by atoms with Crippen molar-refractivity contribution >= 4 is 25.2 Å². The van der Waals surface area contributed by atoms with E-state index in [9.17, 15) is 4.57 Å². The Kier molecular flexibility index (Phi) is 8.59. The molecule has 27 heavy (non-hydrogen) atoms. The zero-order valence-electron chi connectivity index (χ0n) is 16.3. The molecule has 0 spiro atoms. The quantitative estimate of drug-likeness (QED) is 0.325. The highest BCUT2D eigenvalue weighted by Crippen LogP contribution is 2.27. The molecule has 3 atom stereocenters. The maximum Gasteiger partial charge on any atom is 0.320 e. The van der Waals surface area contributed by atoms with Gasteiger partial charge in [-0.05, 0) is 26.4 Å². The second-order valence-electron chi connectivity index (χ2n) is 5.85. The van der Waals surface area contributed by atoms with E-state index in [4.69, 9.17) is 19.5 Å². The van der Waals surface area contributed by atoms with Gasteiger partial charge < -0.3 is 15.0 Å². The van der Waals surface area contributed by atoms with Crippen molar-refractivity contribution in [3.63, 3.8) is 0 Å². The van der Waals surface area contributed by atoms with Crippen molar-refractivity contribution in [2.75, 3.05) is 32.0 Å². The molecule has 0 fully saturated rings. The van der Waals surface area contributed by atoms with E-state index in [0.29, 0.717) is 23.4 Å². The molecule has 2 heterocycles. The molecular formula is C16H29N6O4P. The molecule has 0 saturated heterocycles. The summed E-state index contributed by atoms with van der Waals surface area (Å²) < 4.78 is 30.3. The molecule has 0 aliphatic carbocycles. The number of aromatic nitrogens is 4. The monoisotopic (exact) mass is 400 g/mol. The summed E-state index contributed by atoms with van der Waals surface area (Å²) in [7, 11) is -2.58. The lowest BCUT2D eigenvalue weighted by Crippen LogP contribution is -2.33. The van der Waals surface area contributed by atoms with Crippen LogP contribution in [-0.4, -0.2) is 57.0 Å². The SMILES string of the molecule is CC[C@H](OCCO[PH](=O)OC(C)N(CC)CC)n1cnc2c(N)ncnc21. The first-order valence-electron chi connectivity index (χ1n) is 9.13. The van der Waals surface area contributed by atoms with Crippen molar-refractivity contribution in [2.45, 2.75) is 46.6 Å². The van der Waals surface area contributed by atoms with Gasteiger partial charge in [-0.25, -0.2) is 15.0 Å². The Morgan fingerprint density at radius 3 is 2.63 bits per heavy atom. The van der Waals surface area contributed by atoms with E-state index in [-0.39, 0.29) is 25.7 Å². The minimum Gasteiger partial charge on any atom is -0.382 e. The Bertz CT molecular complexity index is 739. The van der Waals surface area contributed by atoms with Crippen molar-refractivity contribution in [1.29, 1.82) is 0 Å². The van der Waals surface area contributed by atoms with Gasteiger partial charge in [0.25, 0.3) is 0 Å². The molecule has 2 aromatic heterocycles. The van der Waals surface area contributed by atoms with Crippen LogP contribution < -0.4 is 5.73 Å². The third-order valence-corrected chi connectivity index (χ3v) is 5.23.